The first-order valence-corrected chi connectivity index (χ1v) is 9.30. The molecule has 2 heterocycles. The summed E-state index contributed by atoms with van der Waals surface area (Å²) in [5.74, 6) is -5.26. The van der Waals surface area contributed by atoms with Gasteiger partial charge in [-0.1, -0.05) is 20.8 Å². The third-order valence-corrected chi connectivity index (χ3v) is 4.84. The third-order valence-electron chi connectivity index (χ3n) is 4.84. The summed E-state index contributed by atoms with van der Waals surface area (Å²) in [7, 11) is 0. The van der Waals surface area contributed by atoms with Gasteiger partial charge in [-0.25, -0.2) is 22.5 Å². The monoisotopic (exact) mass is 421 g/mol. The van der Waals surface area contributed by atoms with Gasteiger partial charge in [-0.2, -0.15) is 0 Å². The van der Waals surface area contributed by atoms with Crippen LogP contribution < -0.4 is 10.7 Å². The van der Waals surface area contributed by atoms with Crippen molar-refractivity contribution in [3.8, 4) is 5.69 Å². The van der Waals surface area contributed by atoms with Crippen LogP contribution in [0.1, 0.15) is 37.6 Å². The van der Waals surface area contributed by atoms with E-state index in [4.69, 9.17) is 0 Å². The Morgan fingerprint density at radius 2 is 1.73 bits per heavy atom. The maximum absolute atomic E-state index is 14.4. The second kappa shape index (κ2) is 8.25. The van der Waals surface area contributed by atoms with Crippen molar-refractivity contribution in [2.24, 2.45) is 5.92 Å². The van der Waals surface area contributed by atoms with Crippen LogP contribution >= 0.6 is 0 Å². The van der Waals surface area contributed by atoms with Crippen molar-refractivity contribution in [1.82, 2.24) is 14.9 Å². The van der Waals surface area contributed by atoms with Crippen molar-refractivity contribution in [3.63, 3.8) is 0 Å². The van der Waals surface area contributed by atoms with Gasteiger partial charge in [-0.15, -0.1) is 0 Å². The summed E-state index contributed by atoms with van der Waals surface area (Å²) in [5.41, 5.74) is -2.31. The molecule has 0 bridgehead atoms. The Bertz CT molecular complexity index is 1170. The van der Waals surface area contributed by atoms with Crippen LogP contribution in [-0.4, -0.2) is 21.5 Å². The van der Waals surface area contributed by atoms with E-state index in [9.17, 15) is 27.2 Å². The second-order valence-corrected chi connectivity index (χ2v) is 7.22. The number of nitrogens with one attached hydrogen (secondary N) is 1. The molecule has 0 aliphatic carbocycles. The lowest BCUT2D eigenvalue weighted by atomic mass is 10.0. The van der Waals surface area contributed by atoms with E-state index in [0.717, 1.165) is 23.0 Å². The SMILES string of the molecule is CCC(NC(=O)c1cn(-c2c(F)cc(F)cc2F)c2ncc(F)cc2c1=O)C(C)C. The van der Waals surface area contributed by atoms with Gasteiger partial charge in [0.25, 0.3) is 5.91 Å². The van der Waals surface area contributed by atoms with Crippen LogP contribution in [0.2, 0.25) is 0 Å². The predicted octanol–water partition coefficient (Wildman–Crippen LogP) is 4.11. The zero-order valence-corrected chi connectivity index (χ0v) is 16.5. The molecule has 0 aliphatic heterocycles. The Hall–Kier alpha value is -3.23. The van der Waals surface area contributed by atoms with Gasteiger partial charge >= 0.3 is 0 Å². The zero-order chi connectivity index (χ0) is 22.2. The van der Waals surface area contributed by atoms with Crippen molar-refractivity contribution in [3.05, 3.63) is 69.6 Å². The number of carbonyl (C=O) groups excluding carboxylic acids is 1. The van der Waals surface area contributed by atoms with Crippen molar-refractivity contribution in [2.75, 3.05) is 0 Å². The normalized spacial score (nSPS) is 12.4. The Morgan fingerprint density at radius 3 is 2.30 bits per heavy atom. The quantitative estimate of drug-likeness (QED) is 0.631. The molecule has 0 aliphatic rings. The number of amides is 1. The standard InChI is InChI=1S/C21H19F4N3O2/c1-4-17(10(2)3)27-21(30)14-9-28(18-15(24)6-11(22)7-16(18)25)20-13(19(14)29)5-12(23)8-26-20/h5-10,17H,4H2,1-3H3,(H,27,30). The maximum Gasteiger partial charge on any atom is 0.257 e. The first kappa shape index (κ1) is 21.5. The molecule has 5 nitrogen and oxygen atoms in total. The minimum atomic E-state index is -1.27. The van der Waals surface area contributed by atoms with Crippen LogP contribution in [0.25, 0.3) is 16.7 Å². The van der Waals surface area contributed by atoms with Crippen LogP contribution in [0.5, 0.6) is 0 Å². The minimum absolute atomic E-state index is 0.0627. The van der Waals surface area contributed by atoms with Gasteiger partial charge in [0.05, 0.1) is 11.6 Å². The number of halogens is 4. The number of hydrogen-bond donors (Lipinski definition) is 1. The Balaban J connectivity index is 2.30. The highest BCUT2D eigenvalue weighted by Crippen LogP contribution is 2.23. The summed E-state index contributed by atoms with van der Waals surface area (Å²) < 4.78 is 56.8. The van der Waals surface area contributed by atoms with E-state index in [2.05, 4.69) is 10.3 Å². The molecule has 0 saturated carbocycles. The highest BCUT2D eigenvalue weighted by molar-refractivity contribution is 5.97. The molecule has 1 unspecified atom stereocenters. The molecule has 2 aromatic heterocycles. The summed E-state index contributed by atoms with van der Waals surface area (Å²) in [4.78, 5) is 29.4. The number of fused-ring (bicyclic) bond motifs is 1. The number of benzene rings is 1. The third kappa shape index (κ3) is 3.92. The predicted molar refractivity (Wildman–Crippen MR) is 104 cm³/mol. The van der Waals surface area contributed by atoms with Crippen molar-refractivity contribution < 1.29 is 22.4 Å². The molecule has 9 heteroatoms. The van der Waals surface area contributed by atoms with E-state index in [0.29, 0.717) is 18.6 Å². The smallest absolute Gasteiger partial charge is 0.257 e. The van der Waals surface area contributed by atoms with Gasteiger partial charge in [-0.3, -0.25) is 14.2 Å². The lowest BCUT2D eigenvalue weighted by molar-refractivity contribution is 0.0923. The zero-order valence-electron chi connectivity index (χ0n) is 16.5. The van der Waals surface area contributed by atoms with Crippen LogP contribution in [0.4, 0.5) is 17.6 Å². The lowest BCUT2D eigenvalue weighted by Gasteiger charge is -2.21. The number of rotatable bonds is 5. The molecule has 3 rings (SSSR count). The summed E-state index contributed by atoms with van der Waals surface area (Å²) in [5, 5.41) is 2.36. The molecule has 1 amide bonds. The second-order valence-electron chi connectivity index (χ2n) is 7.22. The fraction of sp³-hybridized carbons (Fsp3) is 0.286. The molecule has 30 heavy (non-hydrogen) atoms. The van der Waals surface area contributed by atoms with Gasteiger partial charge < -0.3 is 5.32 Å². The molecule has 1 atom stereocenters. The Labute approximate surface area is 169 Å². The molecule has 0 radical (unpaired) electrons. The molecule has 0 fully saturated rings. The molecule has 0 spiro atoms. The largest absolute Gasteiger partial charge is 0.349 e. The first-order chi connectivity index (χ1) is 14.1. The molecule has 0 saturated heterocycles. The van der Waals surface area contributed by atoms with E-state index in [-0.39, 0.29) is 23.0 Å². The van der Waals surface area contributed by atoms with Crippen molar-refractivity contribution >= 4 is 16.9 Å². The van der Waals surface area contributed by atoms with Gasteiger partial charge in [0, 0.05) is 24.4 Å². The van der Waals surface area contributed by atoms with Gasteiger partial charge in [-0.05, 0) is 18.4 Å². The number of nitrogens with zero attached hydrogens (tertiary/aromatic N) is 2. The van der Waals surface area contributed by atoms with Crippen molar-refractivity contribution in [2.45, 2.75) is 33.2 Å². The summed E-state index contributed by atoms with van der Waals surface area (Å²) in [6.07, 6.45) is 2.28. The molecule has 158 valence electrons. The molecule has 3 aromatic rings. The number of hydrogen-bond acceptors (Lipinski definition) is 3. The molecule has 1 aromatic carbocycles. The van der Waals surface area contributed by atoms with E-state index >= 15 is 0 Å². The summed E-state index contributed by atoms with van der Waals surface area (Å²) in [6.45, 7) is 5.62. The van der Waals surface area contributed by atoms with Gasteiger partial charge in [0.2, 0.25) is 5.43 Å². The molecular weight excluding hydrogens is 402 g/mol. The van der Waals surface area contributed by atoms with E-state index < -0.39 is 45.9 Å². The number of carbonyl (C=O) groups is 1. The average molecular weight is 421 g/mol. The fourth-order valence-electron chi connectivity index (χ4n) is 3.27. The van der Waals surface area contributed by atoms with E-state index in [1.807, 2.05) is 20.8 Å². The first-order valence-electron chi connectivity index (χ1n) is 9.30. The summed E-state index contributed by atoms with van der Waals surface area (Å²) in [6, 6.07) is 1.48. The lowest BCUT2D eigenvalue weighted by Crippen LogP contribution is -2.40. The molecular formula is C21H19F4N3O2. The fourth-order valence-corrected chi connectivity index (χ4v) is 3.27. The highest BCUT2D eigenvalue weighted by Gasteiger charge is 2.23. The van der Waals surface area contributed by atoms with Gasteiger partial charge in [0.1, 0.15) is 28.5 Å². The number of pyridine rings is 2. The van der Waals surface area contributed by atoms with Crippen LogP contribution in [0, 0.1) is 29.2 Å². The number of aromatic nitrogens is 2. The van der Waals surface area contributed by atoms with E-state index in [1.165, 1.54) is 0 Å². The highest BCUT2D eigenvalue weighted by atomic mass is 19.1. The van der Waals surface area contributed by atoms with Crippen LogP contribution in [-0.2, 0) is 0 Å². The maximum atomic E-state index is 14.4. The van der Waals surface area contributed by atoms with Gasteiger partial charge in [0.15, 0.2) is 11.6 Å². The topological polar surface area (TPSA) is 64.0 Å². The molecule has 1 N–H and O–H groups in total. The Kier molecular flexibility index (Phi) is 5.91. The summed E-state index contributed by atoms with van der Waals surface area (Å²) >= 11 is 0. The van der Waals surface area contributed by atoms with Crippen molar-refractivity contribution in [1.29, 1.82) is 0 Å². The van der Waals surface area contributed by atoms with Crippen LogP contribution in [0.15, 0.2) is 35.4 Å². The van der Waals surface area contributed by atoms with Crippen LogP contribution in [0.3, 0.4) is 0 Å². The minimum Gasteiger partial charge on any atom is -0.349 e. The van der Waals surface area contributed by atoms with E-state index in [1.54, 1.807) is 0 Å². The average Bonchev–Trinajstić information content (AvgIpc) is 2.66. The Morgan fingerprint density at radius 1 is 1.10 bits per heavy atom.